The first-order valence-corrected chi connectivity index (χ1v) is 9.92. The second-order valence-corrected chi connectivity index (χ2v) is 9.09. The summed E-state index contributed by atoms with van der Waals surface area (Å²) in [6, 6.07) is 8.95. The predicted octanol–water partition coefficient (Wildman–Crippen LogP) is 4.06. The molecule has 0 aliphatic carbocycles. The van der Waals surface area contributed by atoms with E-state index < -0.39 is 51.5 Å². The lowest BCUT2D eigenvalue weighted by atomic mass is 9.79. The van der Waals surface area contributed by atoms with Gasteiger partial charge < -0.3 is 12.9 Å². The monoisotopic (exact) mass is 432 g/mol. The van der Waals surface area contributed by atoms with Crippen molar-refractivity contribution in [2.24, 2.45) is 0 Å². The van der Waals surface area contributed by atoms with Crippen LogP contribution in [0.4, 0.5) is 34.9 Å². The summed E-state index contributed by atoms with van der Waals surface area (Å²) in [6.07, 6.45) is 3.21. The Morgan fingerprint density at radius 1 is 0.821 bits per heavy atom. The van der Waals surface area contributed by atoms with Crippen LogP contribution in [0.25, 0.3) is 0 Å². The smallest absolute Gasteiger partial charge is 0.445 e. The van der Waals surface area contributed by atoms with E-state index in [0.29, 0.717) is 5.56 Å². The lowest BCUT2D eigenvalue weighted by Crippen LogP contribution is -2.41. The third kappa shape index (κ3) is 6.15. The molecule has 0 aliphatic heterocycles. The van der Waals surface area contributed by atoms with Crippen molar-refractivity contribution in [3.63, 3.8) is 0 Å². The van der Waals surface area contributed by atoms with Crippen LogP contribution in [0.2, 0.25) is 0 Å². The van der Waals surface area contributed by atoms with Gasteiger partial charge in [0, 0.05) is 5.56 Å². The number of rotatable bonds is 4. The standard InChI is InChI=1S/C10H13O2S.C6BF8/c1-13(2,12)8-10(11)9-6-4-3-5-7-9;8-2-1(7(13,14)15)3(9)5(11)6(12)4(2)10/h3-7H,8H2,1-2H3;/q+1;-1. The van der Waals surface area contributed by atoms with E-state index in [2.05, 4.69) is 0 Å². The summed E-state index contributed by atoms with van der Waals surface area (Å²) in [7, 11) is -1.97. The van der Waals surface area contributed by atoms with Gasteiger partial charge in [-0.25, -0.2) is 22.0 Å². The third-order valence-corrected chi connectivity index (χ3v) is 4.10. The van der Waals surface area contributed by atoms with Crippen LogP contribution in [0, 0.1) is 29.1 Å². The average molecular weight is 432 g/mol. The minimum atomic E-state index is -6.30. The number of halogens is 8. The molecule has 0 amide bonds. The van der Waals surface area contributed by atoms with E-state index >= 15 is 0 Å². The number of carbonyl (C=O) groups is 1. The lowest BCUT2D eigenvalue weighted by Gasteiger charge is -2.17. The van der Waals surface area contributed by atoms with Crippen LogP contribution >= 0.6 is 0 Å². The molecule has 2 rings (SSSR count). The number of hydrogen-bond donors (Lipinski definition) is 0. The zero-order valence-electron chi connectivity index (χ0n) is 14.4. The molecule has 0 N–H and O–H groups in total. The van der Waals surface area contributed by atoms with E-state index in [0.717, 1.165) is 0 Å². The van der Waals surface area contributed by atoms with E-state index in [-0.39, 0.29) is 11.5 Å². The Labute approximate surface area is 156 Å². The van der Waals surface area contributed by atoms with Gasteiger partial charge in [0.2, 0.25) is 5.78 Å². The second-order valence-electron chi connectivity index (χ2n) is 5.93. The number of Topliss-reactive ketones (excluding diaryl/α,β-unsaturated/α-hetero) is 1. The second kappa shape index (κ2) is 8.85. The van der Waals surface area contributed by atoms with Crippen LogP contribution in [-0.4, -0.2) is 31.0 Å². The maximum atomic E-state index is 12.5. The lowest BCUT2D eigenvalue weighted by molar-refractivity contribution is 0.102. The number of carbonyl (C=O) groups excluding carboxylic acids is 1. The van der Waals surface area contributed by atoms with Gasteiger partial charge in [-0.3, -0.25) is 4.79 Å². The molecule has 2 nitrogen and oxygen atoms in total. The Kier molecular flexibility index (Phi) is 7.52. The molecule has 0 bridgehead atoms. The highest BCUT2D eigenvalue weighted by Gasteiger charge is 2.37. The SMILES string of the molecule is C[S+](C)(=O)CC(=O)c1ccccc1.Fc1c(F)c(F)c([B-](F)(F)F)c(F)c1F. The molecule has 154 valence electrons. The molecular weight excluding hydrogens is 419 g/mol. The summed E-state index contributed by atoms with van der Waals surface area (Å²) in [5.74, 6) is -13.5. The fourth-order valence-corrected chi connectivity index (χ4v) is 2.73. The molecule has 0 atom stereocenters. The van der Waals surface area contributed by atoms with Gasteiger partial charge in [0.25, 0.3) is 0 Å². The maximum Gasteiger partial charge on any atom is 0.515 e. The molecule has 0 saturated carbocycles. The first-order chi connectivity index (χ1) is 12.7. The van der Waals surface area contributed by atoms with Crippen molar-refractivity contribution in [3.05, 3.63) is 65.0 Å². The highest BCUT2D eigenvalue weighted by atomic mass is 32.2. The van der Waals surface area contributed by atoms with Crippen molar-refractivity contribution in [2.75, 3.05) is 18.3 Å². The van der Waals surface area contributed by atoms with Crippen molar-refractivity contribution in [1.29, 1.82) is 0 Å². The first-order valence-electron chi connectivity index (χ1n) is 7.38. The third-order valence-electron chi connectivity index (χ3n) is 3.15. The normalized spacial score (nSPS) is 11.6. The van der Waals surface area contributed by atoms with Crippen LogP contribution in [0.15, 0.2) is 30.3 Å². The van der Waals surface area contributed by atoms with Gasteiger partial charge in [0.05, 0.1) is 9.93 Å². The molecule has 0 spiro atoms. The molecule has 0 unspecified atom stereocenters. The Balaban J connectivity index is 0.000000283. The van der Waals surface area contributed by atoms with Crippen LogP contribution in [-0.2, 0) is 14.1 Å². The summed E-state index contributed by atoms with van der Waals surface area (Å²) in [4.78, 5) is 11.5. The van der Waals surface area contributed by atoms with Crippen LogP contribution in [0.5, 0.6) is 0 Å². The Morgan fingerprint density at radius 2 is 1.21 bits per heavy atom. The zero-order chi connectivity index (χ0) is 21.9. The Morgan fingerprint density at radius 3 is 1.57 bits per heavy atom. The van der Waals surface area contributed by atoms with Crippen molar-refractivity contribution in [3.8, 4) is 0 Å². The van der Waals surface area contributed by atoms with Crippen LogP contribution in [0.3, 0.4) is 0 Å². The average Bonchev–Trinajstić information content (AvgIpc) is 2.57. The van der Waals surface area contributed by atoms with Gasteiger partial charge in [0.1, 0.15) is 24.1 Å². The van der Waals surface area contributed by atoms with E-state index in [1.807, 2.05) is 6.07 Å². The minimum absolute atomic E-state index is 0.0457. The van der Waals surface area contributed by atoms with Crippen molar-refractivity contribution < 1.29 is 43.9 Å². The molecule has 0 radical (unpaired) electrons. The fourth-order valence-electron chi connectivity index (χ4n) is 1.93. The minimum Gasteiger partial charge on any atom is -0.445 e. The molecule has 0 saturated heterocycles. The quantitative estimate of drug-likeness (QED) is 0.182. The van der Waals surface area contributed by atoms with Gasteiger partial charge in [-0.05, 0) is 5.46 Å². The van der Waals surface area contributed by atoms with Gasteiger partial charge in [0.15, 0.2) is 23.2 Å². The molecule has 2 aromatic rings. The molecular formula is C16H13BF8O2S. The molecule has 28 heavy (non-hydrogen) atoms. The van der Waals surface area contributed by atoms with E-state index in [4.69, 9.17) is 0 Å². The summed E-state index contributed by atoms with van der Waals surface area (Å²) < 4.78 is 109. The van der Waals surface area contributed by atoms with Gasteiger partial charge in [-0.2, -0.15) is 0 Å². The van der Waals surface area contributed by atoms with E-state index in [1.54, 1.807) is 36.8 Å². The number of ketones is 1. The van der Waals surface area contributed by atoms with Gasteiger partial charge in [-0.15, -0.1) is 4.21 Å². The number of benzene rings is 2. The molecule has 0 fully saturated rings. The largest absolute Gasteiger partial charge is 0.515 e. The molecule has 2 aromatic carbocycles. The zero-order valence-corrected chi connectivity index (χ0v) is 15.2. The topological polar surface area (TPSA) is 34.1 Å². The summed E-state index contributed by atoms with van der Waals surface area (Å²) in [5, 5.41) is 0. The van der Waals surface area contributed by atoms with Crippen molar-refractivity contribution in [2.45, 2.75) is 0 Å². The highest BCUT2D eigenvalue weighted by Crippen LogP contribution is 2.21. The van der Waals surface area contributed by atoms with Crippen LogP contribution < -0.4 is 5.46 Å². The summed E-state index contributed by atoms with van der Waals surface area (Å²) >= 11 is 0. The Hall–Kier alpha value is -2.24. The van der Waals surface area contributed by atoms with Crippen molar-refractivity contribution in [1.82, 2.24) is 0 Å². The summed E-state index contributed by atoms with van der Waals surface area (Å²) in [5.41, 5.74) is -2.09. The molecule has 0 heterocycles. The molecule has 0 aromatic heterocycles. The number of hydrogen-bond acceptors (Lipinski definition) is 2. The van der Waals surface area contributed by atoms with E-state index in [9.17, 15) is 43.9 Å². The fraction of sp³-hybridized carbons (Fsp3) is 0.188. The maximum absolute atomic E-state index is 12.5. The highest BCUT2D eigenvalue weighted by molar-refractivity contribution is 8.02. The predicted molar refractivity (Wildman–Crippen MR) is 90.5 cm³/mol. The first kappa shape index (κ1) is 23.8. The van der Waals surface area contributed by atoms with Crippen LogP contribution in [0.1, 0.15) is 10.4 Å². The summed E-state index contributed by atoms with van der Waals surface area (Å²) in [6.45, 7) is -6.30. The van der Waals surface area contributed by atoms with Gasteiger partial charge in [-0.1, -0.05) is 30.3 Å². The Bertz CT molecular complexity index is 880. The van der Waals surface area contributed by atoms with Crippen molar-refractivity contribution >= 4 is 28.2 Å². The molecule has 12 heteroatoms. The van der Waals surface area contributed by atoms with E-state index in [1.165, 1.54) is 0 Å². The van der Waals surface area contributed by atoms with Gasteiger partial charge >= 0.3 is 6.98 Å². The molecule has 0 aliphatic rings.